The van der Waals surface area contributed by atoms with E-state index in [1.807, 2.05) is 75.3 Å². The van der Waals surface area contributed by atoms with Gasteiger partial charge in [0.2, 0.25) is 5.79 Å². The van der Waals surface area contributed by atoms with Gasteiger partial charge in [-0.15, -0.1) is 0 Å². The van der Waals surface area contributed by atoms with Crippen molar-refractivity contribution in [3.63, 3.8) is 0 Å². The van der Waals surface area contributed by atoms with Gasteiger partial charge < -0.3 is 53.8 Å². The number of rotatable bonds is 10. The Kier molecular flexibility index (Phi) is 17.0. The second kappa shape index (κ2) is 21.2. The van der Waals surface area contributed by atoms with E-state index < -0.39 is 89.4 Å². The molecular formula is C49H74N2O12. The van der Waals surface area contributed by atoms with Gasteiger partial charge in [0.1, 0.15) is 23.9 Å². The van der Waals surface area contributed by atoms with Crippen molar-refractivity contribution in [1.29, 1.82) is 0 Å². The van der Waals surface area contributed by atoms with Crippen molar-refractivity contribution in [2.45, 2.75) is 173 Å². The monoisotopic (exact) mass is 883 g/mol. The van der Waals surface area contributed by atoms with E-state index in [1.165, 1.54) is 6.92 Å². The Morgan fingerprint density at radius 1 is 0.905 bits per heavy atom. The Bertz CT molecular complexity index is 1810. The van der Waals surface area contributed by atoms with Gasteiger partial charge in [-0.25, -0.2) is 4.79 Å². The molecule has 0 amide bonds. The molecule has 63 heavy (non-hydrogen) atoms. The number of esters is 2. The predicted octanol–water partition coefficient (Wildman–Crippen LogP) is 6.50. The maximum atomic E-state index is 14.4. The van der Waals surface area contributed by atoms with Crippen LogP contribution in [0.1, 0.15) is 117 Å². The van der Waals surface area contributed by atoms with Gasteiger partial charge in [-0.3, -0.25) is 4.79 Å². The number of nitrogens with zero attached hydrogens (tertiary/aromatic N) is 2. The molecule has 0 unspecified atom stereocenters. The zero-order valence-corrected chi connectivity index (χ0v) is 39.2. The highest BCUT2D eigenvalue weighted by molar-refractivity contribution is 5.90. The van der Waals surface area contributed by atoms with Gasteiger partial charge in [-0.2, -0.15) is 0 Å². The Morgan fingerprint density at radius 3 is 2.11 bits per heavy atom. The van der Waals surface area contributed by atoms with Crippen molar-refractivity contribution < 1.29 is 58.5 Å². The van der Waals surface area contributed by atoms with Crippen molar-refractivity contribution in [3.05, 3.63) is 60.2 Å². The van der Waals surface area contributed by atoms with E-state index in [2.05, 4.69) is 5.16 Å². The highest BCUT2D eigenvalue weighted by atomic mass is 16.8. The van der Waals surface area contributed by atoms with Crippen LogP contribution in [0.5, 0.6) is 0 Å². The molecule has 4 N–H and O–H groups in total. The number of aliphatic hydroxyl groups is 4. The number of likely N-dealkylation sites (N-methyl/N-ethyl adjacent to an activating group) is 1. The van der Waals surface area contributed by atoms with Crippen molar-refractivity contribution >= 4 is 17.7 Å². The molecule has 0 aromatic heterocycles. The molecule has 14 nitrogen and oxygen atoms in total. The maximum absolute atomic E-state index is 14.4. The van der Waals surface area contributed by atoms with Gasteiger partial charge in [-0.1, -0.05) is 81.7 Å². The zero-order chi connectivity index (χ0) is 46.4. The first-order chi connectivity index (χ1) is 29.7. The summed E-state index contributed by atoms with van der Waals surface area (Å²) < 4.78 is 31.3. The maximum Gasteiger partial charge on any atom is 0.338 e. The van der Waals surface area contributed by atoms with Gasteiger partial charge >= 0.3 is 11.9 Å². The fraction of sp³-hybridized carbons (Fsp3) is 0.694. The van der Waals surface area contributed by atoms with E-state index in [4.69, 9.17) is 28.5 Å². The van der Waals surface area contributed by atoms with Crippen LogP contribution < -0.4 is 0 Å². The largest absolute Gasteiger partial charge is 0.459 e. The molecule has 1 aliphatic carbocycles. The topological polar surface area (TPSA) is 186 Å². The fourth-order valence-corrected chi connectivity index (χ4v) is 9.97. The summed E-state index contributed by atoms with van der Waals surface area (Å²) in [7, 11) is 5.30. The van der Waals surface area contributed by atoms with Crippen LogP contribution >= 0.6 is 0 Å². The molecule has 2 aromatic rings. The minimum absolute atomic E-state index is 0.0451. The third-order valence-corrected chi connectivity index (χ3v) is 13.9. The lowest BCUT2D eigenvalue weighted by Crippen LogP contribution is -2.60. The Balaban J connectivity index is 1.62. The highest BCUT2D eigenvalue weighted by Gasteiger charge is 2.52. The normalized spacial score (nSPS) is 37.8. The van der Waals surface area contributed by atoms with E-state index >= 15 is 0 Å². The second-order valence-electron chi connectivity index (χ2n) is 19.1. The summed E-state index contributed by atoms with van der Waals surface area (Å²) in [5.41, 5.74) is -1.37. The highest BCUT2D eigenvalue weighted by Crippen LogP contribution is 2.40. The van der Waals surface area contributed by atoms with Crippen LogP contribution in [0.3, 0.4) is 0 Å². The second-order valence-corrected chi connectivity index (χ2v) is 19.1. The Labute approximate surface area is 374 Å². The van der Waals surface area contributed by atoms with Crippen LogP contribution in [0.4, 0.5) is 0 Å². The number of ether oxygens (including phenoxy) is 5. The molecule has 352 valence electrons. The lowest BCUT2D eigenvalue weighted by Gasteiger charge is -2.47. The average molecular weight is 883 g/mol. The smallest absolute Gasteiger partial charge is 0.338 e. The van der Waals surface area contributed by atoms with E-state index in [1.54, 1.807) is 53.9 Å². The molecule has 2 heterocycles. The van der Waals surface area contributed by atoms with Gasteiger partial charge in [0, 0.05) is 43.7 Å². The standard InChI is InChI=1S/C49H74N2O12/c1-12-38-48(8,57)42(53)31(4)39(50-63-49(58-11)25-17-14-18-26-49)29(2)28-47(7,56)43(62-46-40(52)37(51(9)10)27-30(3)59-46)32(5)41(33(6)44(54)60-38)61-45(55)36-23-21-35(22-24-36)34-19-15-13-16-20-34/h13,15-16,19-24,29-33,37-38,40-43,46,52-53,56-57H,12,14,17-18,25-28H2,1-11H3/b50-39+/t29-,30+,31-,32-,33+,37-,38+,40+,41-,42+,43+,46-,47-,48+/m0/s1. The lowest BCUT2D eigenvalue weighted by molar-refractivity contribution is -0.298. The number of hydrogen-bond acceptors (Lipinski definition) is 14. The minimum Gasteiger partial charge on any atom is -0.459 e. The first kappa shape index (κ1) is 50.5. The van der Waals surface area contributed by atoms with Gasteiger partial charge in [0.05, 0.1) is 41.1 Å². The molecule has 14 atom stereocenters. The van der Waals surface area contributed by atoms with Crippen molar-refractivity contribution in [3.8, 4) is 11.1 Å². The number of carbonyl (C=O) groups excluding carboxylic acids is 2. The molecule has 0 spiro atoms. The molecule has 2 saturated heterocycles. The third-order valence-electron chi connectivity index (χ3n) is 13.9. The van der Waals surface area contributed by atoms with Crippen LogP contribution in [0.25, 0.3) is 11.1 Å². The van der Waals surface area contributed by atoms with E-state index in [-0.39, 0.29) is 30.6 Å². The Morgan fingerprint density at radius 2 is 1.52 bits per heavy atom. The number of benzene rings is 2. The van der Waals surface area contributed by atoms with Crippen LogP contribution in [-0.4, -0.2) is 130 Å². The predicted molar refractivity (Wildman–Crippen MR) is 238 cm³/mol. The summed E-state index contributed by atoms with van der Waals surface area (Å²) >= 11 is 0. The number of cyclic esters (lactones) is 1. The first-order valence-electron chi connectivity index (χ1n) is 22.8. The van der Waals surface area contributed by atoms with Crippen molar-refractivity contribution in [2.75, 3.05) is 21.2 Å². The average Bonchev–Trinajstić information content (AvgIpc) is 3.26. The van der Waals surface area contributed by atoms with E-state index in [9.17, 15) is 30.0 Å². The summed E-state index contributed by atoms with van der Waals surface area (Å²) in [6.45, 7) is 13.5. The van der Waals surface area contributed by atoms with Gasteiger partial charge in [0.15, 0.2) is 6.29 Å². The summed E-state index contributed by atoms with van der Waals surface area (Å²) in [5, 5.41) is 53.5. The van der Waals surface area contributed by atoms with E-state index in [0.717, 1.165) is 30.4 Å². The summed E-state index contributed by atoms with van der Waals surface area (Å²) in [6.07, 6.45) is -3.33. The molecular weight excluding hydrogens is 809 g/mol. The Hall–Kier alpha value is -3.47. The van der Waals surface area contributed by atoms with E-state index in [0.29, 0.717) is 25.0 Å². The minimum atomic E-state index is -1.99. The number of hydrogen-bond donors (Lipinski definition) is 4. The molecule has 3 fully saturated rings. The molecule has 14 heteroatoms. The molecule has 3 aliphatic rings. The third kappa shape index (κ3) is 11.7. The van der Waals surface area contributed by atoms with Crippen LogP contribution in [-0.2, 0) is 33.3 Å². The van der Waals surface area contributed by atoms with Crippen LogP contribution in [0.15, 0.2) is 59.8 Å². The molecule has 2 aromatic carbocycles. The first-order valence-corrected chi connectivity index (χ1v) is 22.8. The van der Waals surface area contributed by atoms with Gasteiger partial charge in [0.25, 0.3) is 0 Å². The van der Waals surface area contributed by atoms with Crippen molar-refractivity contribution in [2.24, 2.45) is 28.8 Å². The molecule has 0 radical (unpaired) electrons. The summed E-state index contributed by atoms with van der Waals surface area (Å²) in [4.78, 5) is 36.8. The quantitative estimate of drug-likeness (QED) is 0.115. The number of methoxy groups -OCH3 is 1. The van der Waals surface area contributed by atoms with Crippen LogP contribution in [0.2, 0.25) is 0 Å². The molecule has 5 rings (SSSR count). The zero-order valence-electron chi connectivity index (χ0n) is 39.2. The SMILES string of the molecule is CC[C@H]1OC(=O)[C@H](C)[C@@H](OC(=O)c2ccc(-c3ccccc3)cc2)[C@H](C)[C@@H](O[C@@H]2O[C@H](C)C[C@H](N(C)C)[C@H]2O)[C@@](C)(O)C[C@H](C)/C(=N\OC2(OC)CCCCC2)[C@H](C)[C@@H](O)[C@]1(C)O. The molecule has 2 aliphatic heterocycles. The lowest BCUT2D eigenvalue weighted by atomic mass is 9.73. The molecule has 1 saturated carbocycles. The molecule has 0 bridgehead atoms. The van der Waals surface area contributed by atoms with Crippen molar-refractivity contribution in [1.82, 2.24) is 4.90 Å². The summed E-state index contributed by atoms with van der Waals surface area (Å²) in [5.74, 6) is -6.15. The van der Waals surface area contributed by atoms with Gasteiger partial charge in [-0.05, 0) is 97.2 Å². The summed E-state index contributed by atoms with van der Waals surface area (Å²) in [6, 6.07) is 16.3. The fourth-order valence-electron chi connectivity index (χ4n) is 9.97. The number of oxime groups is 1. The number of carbonyl (C=O) groups is 2. The number of aliphatic hydroxyl groups excluding tert-OH is 2. The van der Waals surface area contributed by atoms with Crippen LogP contribution in [0, 0.1) is 23.7 Å².